The van der Waals surface area contributed by atoms with E-state index in [1.54, 1.807) is 13.8 Å². The predicted molar refractivity (Wildman–Crippen MR) is 224 cm³/mol. The molecule has 2 heterocycles. The Bertz CT molecular complexity index is 2270. The standard InChI is InChI=1S/C21H19N3.C21H18N3.C5H12O2.2Ir/c2*1-15(2)20-22-23-21(24(20)19-10-4-3-5-11-19)18-13-12-16-8-6-7-9-17(16)14-18;1-4(6)3-5(2)7;;/h3-15H,1-2H3;3-12,14-15H,1-2H3;4-7H,3H2,1-2H3;;/q;-1;;;. The molecule has 298 valence electrons. The molecule has 8 aromatic rings. The Morgan fingerprint density at radius 3 is 1.42 bits per heavy atom. The van der Waals surface area contributed by atoms with Crippen LogP contribution in [0.2, 0.25) is 0 Å². The van der Waals surface area contributed by atoms with Crippen LogP contribution in [0.15, 0.2) is 140 Å². The smallest absolute Gasteiger partial charge is 0.168 e. The van der Waals surface area contributed by atoms with Crippen LogP contribution >= 0.6 is 0 Å². The summed E-state index contributed by atoms with van der Waals surface area (Å²) in [4.78, 5) is 0. The van der Waals surface area contributed by atoms with Gasteiger partial charge >= 0.3 is 0 Å². The molecule has 0 bridgehead atoms. The first-order valence-corrected chi connectivity index (χ1v) is 18.9. The first kappa shape index (κ1) is 45.0. The number of rotatable bonds is 8. The number of benzene rings is 6. The zero-order chi connectivity index (χ0) is 38.9. The van der Waals surface area contributed by atoms with E-state index in [0.29, 0.717) is 12.3 Å². The van der Waals surface area contributed by atoms with E-state index in [9.17, 15) is 0 Å². The van der Waals surface area contributed by atoms with Gasteiger partial charge in [-0.25, -0.2) is 0 Å². The number of aliphatic hydroxyl groups is 2. The third kappa shape index (κ3) is 11.3. The number of aromatic nitrogens is 6. The molecule has 0 saturated carbocycles. The summed E-state index contributed by atoms with van der Waals surface area (Å²) < 4.78 is 4.29. The Kier molecular flexibility index (Phi) is 16.8. The third-order valence-electron chi connectivity index (χ3n) is 9.05. The van der Waals surface area contributed by atoms with E-state index in [1.165, 1.54) is 21.5 Å². The molecule has 0 aliphatic heterocycles. The minimum Gasteiger partial charge on any atom is -0.393 e. The van der Waals surface area contributed by atoms with Crippen molar-refractivity contribution in [1.29, 1.82) is 0 Å². The van der Waals surface area contributed by atoms with Crippen molar-refractivity contribution in [2.24, 2.45) is 0 Å². The van der Waals surface area contributed by atoms with Gasteiger partial charge < -0.3 is 14.8 Å². The van der Waals surface area contributed by atoms with E-state index < -0.39 is 0 Å². The van der Waals surface area contributed by atoms with Crippen molar-refractivity contribution >= 4 is 21.5 Å². The van der Waals surface area contributed by atoms with E-state index in [2.05, 4.69) is 148 Å². The van der Waals surface area contributed by atoms with Crippen LogP contribution in [0.4, 0.5) is 0 Å². The molecule has 8 rings (SSSR count). The van der Waals surface area contributed by atoms with Crippen molar-refractivity contribution in [3.63, 3.8) is 0 Å². The number of nitrogens with zero attached hydrogens (tertiary/aromatic N) is 6. The second kappa shape index (κ2) is 21.2. The topological polar surface area (TPSA) is 102 Å². The van der Waals surface area contributed by atoms with Crippen molar-refractivity contribution < 1.29 is 50.4 Å². The molecule has 6 aromatic carbocycles. The van der Waals surface area contributed by atoms with Gasteiger partial charge in [0.1, 0.15) is 11.6 Å². The maximum absolute atomic E-state index is 8.56. The largest absolute Gasteiger partial charge is 0.393 e. The van der Waals surface area contributed by atoms with Crippen molar-refractivity contribution in [1.82, 2.24) is 29.5 Å². The van der Waals surface area contributed by atoms with Crippen molar-refractivity contribution in [2.75, 3.05) is 0 Å². The molecular weight excluding hydrogens is 1060 g/mol. The van der Waals surface area contributed by atoms with Gasteiger partial charge in [-0.1, -0.05) is 130 Å². The summed E-state index contributed by atoms with van der Waals surface area (Å²) in [6, 6.07) is 51.2. The molecule has 0 spiro atoms. The number of aliphatic hydroxyl groups excluding tert-OH is 2. The van der Waals surface area contributed by atoms with Crippen molar-refractivity contribution in [2.45, 2.75) is 72.0 Å². The molecule has 0 saturated heterocycles. The van der Waals surface area contributed by atoms with Crippen molar-refractivity contribution in [3.05, 3.63) is 157 Å². The summed E-state index contributed by atoms with van der Waals surface area (Å²) in [5.74, 6) is 4.23. The van der Waals surface area contributed by atoms with Gasteiger partial charge in [0, 0.05) is 69.0 Å². The summed E-state index contributed by atoms with van der Waals surface area (Å²) in [6.45, 7) is 11.9. The molecule has 2 aromatic heterocycles. The molecule has 2 N–H and O–H groups in total. The first-order valence-electron chi connectivity index (χ1n) is 18.9. The van der Waals surface area contributed by atoms with Crippen LogP contribution < -0.4 is 0 Å². The summed E-state index contributed by atoms with van der Waals surface area (Å²) >= 11 is 0. The van der Waals surface area contributed by atoms with E-state index in [1.807, 2.05) is 54.6 Å². The average molecular weight is 1110 g/mol. The molecule has 2 radical (unpaired) electrons. The van der Waals surface area contributed by atoms with Gasteiger partial charge in [-0.15, -0.1) is 44.4 Å². The fraction of sp³-hybridized carbons (Fsp3) is 0.234. The second-order valence-corrected chi connectivity index (χ2v) is 14.4. The van der Waals surface area contributed by atoms with Crippen LogP contribution in [0.25, 0.3) is 55.7 Å². The molecule has 0 fully saturated rings. The van der Waals surface area contributed by atoms with Crippen LogP contribution in [-0.4, -0.2) is 51.9 Å². The van der Waals surface area contributed by atoms with E-state index in [4.69, 9.17) is 10.2 Å². The fourth-order valence-electron chi connectivity index (χ4n) is 6.44. The maximum atomic E-state index is 8.56. The van der Waals surface area contributed by atoms with Gasteiger partial charge in [0.05, 0.1) is 18.0 Å². The monoisotopic (exact) mass is 1120 g/mol. The molecule has 8 nitrogen and oxygen atoms in total. The molecule has 0 amide bonds. The fourth-order valence-corrected chi connectivity index (χ4v) is 6.44. The van der Waals surface area contributed by atoms with Gasteiger partial charge in [-0.05, 0) is 61.4 Å². The molecule has 0 aliphatic carbocycles. The molecule has 0 aliphatic rings. The quantitative estimate of drug-likeness (QED) is 0.147. The summed E-state index contributed by atoms with van der Waals surface area (Å²) in [5.41, 5.74) is 4.20. The second-order valence-electron chi connectivity index (χ2n) is 14.4. The summed E-state index contributed by atoms with van der Waals surface area (Å²) in [7, 11) is 0. The SMILES string of the molecule is CC(C)c1nnc(-c2[c-]cc3ccccc3c2)n1-c1ccccc1.CC(C)c1nnc(-c2ccc3ccccc3c2)n1-c1ccccc1.CC(O)CC(C)O.[Ir].[Ir]. The molecule has 2 atom stereocenters. The Balaban J connectivity index is 0.000000211. The Morgan fingerprint density at radius 2 is 0.930 bits per heavy atom. The average Bonchev–Trinajstić information content (AvgIpc) is 3.85. The minimum absolute atomic E-state index is 0. The number of para-hydroxylation sites is 2. The minimum atomic E-state index is -0.375. The summed E-state index contributed by atoms with van der Waals surface area (Å²) in [6.07, 6.45) is -0.278. The van der Waals surface area contributed by atoms with Gasteiger partial charge in [-0.3, -0.25) is 4.57 Å². The normalized spacial score (nSPS) is 11.8. The predicted octanol–water partition coefficient (Wildman–Crippen LogP) is 10.4. The zero-order valence-electron chi connectivity index (χ0n) is 33.0. The number of fused-ring (bicyclic) bond motifs is 2. The first-order chi connectivity index (χ1) is 26.6. The third-order valence-corrected chi connectivity index (χ3v) is 9.05. The molecule has 57 heavy (non-hydrogen) atoms. The van der Waals surface area contributed by atoms with Crippen LogP contribution in [-0.2, 0) is 40.2 Å². The van der Waals surface area contributed by atoms with Gasteiger partial charge in [0.25, 0.3) is 0 Å². The van der Waals surface area contributed by atoms with Crippen LogP contribution in [0, 0.1) is 6.07 Å². The van der Waals surface area contributed by atoms with Crippen molar-refractivity contribution in [3.8, 4) is 34.2 Å². The van der Waals surface area contributed by atoms with Crippen LogP contribution in [0.1, 0.15) is 71.4 Å². The Labute approximate surface area is 362 Å². The van der Waals surface area contributed by atoms with E-state index in [0.717, 1.165) is 45.8 Å². The number of hydrogen-bond donors (Lipinski definition) is 2. The van der Waals surface area contributed by atoms with Gasteiger partial charge in [0.15, 0.2) is 5.82 Å². The van der Waals surface area contributed by atoms with Crippen LogP contribution in [0.5, 0.6) is 0 Å². The molecule has 10 heteroatoms. The summed E-state index contributed by atoms with van der Waals surface area (Å²) in [5, 5.41) is 39.8. The Hall–Kier alpha value is -4.66. The molecule has 2 unspecified atom stereocenters. The van der Waals surface area contributed by atoms with E-state index >= 15 is 0 Å². The number of hydrogen-bond acceptors (Lipinski definition) is 6. The molecular formula is C47H49Ir2N6O2-. The van der Waals surface area contributed by atoms with Gasteiger partial charge in [-0.2, -0.15) is 5.10 Å². The van der Waals surface area contributed by atoms with Gasteiger partial charge in [0.2, 0.25) is 0 Å². The zero-order valence-corrected chi connectivity index (χ0v) is 37.8. The Morgan fingerprint density at radius 1 is 0.491 bits per heavy atom. The van der Waals surface area contributed by atoms with Crippen LogP contribution in [0.3, 0.4) is 0 Å². The van der Waals surface area contributed by atoms with E-state index in [-0.39, 0.29) is 58.3 Å². The maximum Gasteiger partial charge on any atom is 0.168 e.